The molecule has 0 aromatic carbocycles. The lowest BCUT2D eigenvalue weighted by Gasteiger charge is -2.23. The van der Waals surface area contributed by atoms with Gasteiger partial charge < -0.3 is 15.5 Å². The molecule has 1 saturated carbocycles. The van der Waals surface area contributed by atoms with Crippen LogP contribution >= 0.6 is 11.3 Å². The van der Waals surface area contributed by atoms with Crippen LogP contribution in [0.2, 0.25) is 0 Å². The summed E-state index contributed by atoms with van der Waals surface area (Å²) in [7, 11) is 1.56. The van der Waals surface area contributed by atoms with Gasteiger partial charge in [0.25, 0.3) is 5.91 Å². The van der Waals surface area contributed by atoms with Gasteiger partial charge in [0.1, 0.15) is 16.7 Å². The van der Waals surface area contributed by atoms with Gasteiger partial charge in [0, 0.05) is 24.9 Å². The van der Waals surface area contributed by atoms with Crippen LogP contribution in [-0.2, 0) is 9.59 Å². The molecule has 1 aliphatic carbocycles. The fraction of sp³-hybridized carbons (Fsp3) is 0.550. The van der Waals surface area contributed by atoms with Crippen LogP contribution in [0, 0.1) is 13.8 Å². The van der Waals surface area contributed by atoms with Gasteiger partial charge in [0.15, 0.2) is 0 Å². The number of thiophene rings is 1. The zero-order valence-corrected chi connectivity index (χ0v) is 17.7. The van der Waals surface area contributed by atoms with Crippen LogP contribution in [0.1, 0.15) is 58.4 Å². The average Bonchev–Trinajstić information content (AvgIpc) is 3.34. The van der Waals surface area contributed by atoms with E-state index in [1.54, 1.807) is 11.9 Å². The Morgan fingerprint density at radius 1 is 1.17 bits per heavy atom. The minimum atomic E-state index is -0.450. The predicted molar refractivity (Wildman–Crippen MR) is 110 cm³/mol. The number of hydrogen-bond donors (Lipinski definition) is 2. The number of rotatable bonds is 5. The molecule has 1 atom stereocenters. The van der Waals surface area contributed by atoms with Crippen LogP contribution in [0.5, 0.6) is 0 Å². The average molecular weight is 416 g/mol. The summed E-state index contributed by atoms with van der Waals surface area (Å²) in [5, 5.41) is 6.25. The number of aryl methyl sites for hydroxylation is 2. The topological polar surface area (TPSA) is 104 Å². The molecule has 8 nitrogen and oxygen atoms in total. The van der Waals surface area contributed by atoms with Crippen LogP contribution in [-0.4, -0.2) is 58.8 Å². The standard InChI is InChI=1S/C20H25N5O3S/c1-10-15-11(2)23-17(12-6-7-12)24-20(15)29-16(10)19(28)22-9-14(26)25-8-4-5-13(25)18(27)21-3/h12-13H,4-9H2,1-3H3,(H,21,27)(H,22,28). The van der Waals surface area contributed by atoms with Crippen molar-refractivity contribution in [2.75, 3.05) is 20.1 Å². The van der Waals surface area contributed by atoms with E-state index in [0.29, 0.717) is 23.8 Å². The number of fused-ring (bicyclic) bond motifs is 1. The smallest absolute Gasteiger partial charge is 0.262 e. The van der Waals surface area contributed by atoms with E-state index in [2.05, 4.69) is 20.6 Å². The summed E-state index contributed by atoms with van der Waals surface area (Å²) in [6, 6.07) is -0.450. The normalized spacial score (nSPS) is 18.9. The molecule has 29 heavy (non-hydrogen) atoms. The summed E-state index contributed by atoms with van der Waals surface area (Å²) in [5.74, 6) is 0.622. The first kappa shape index (κ1) is 19.8. The zero-order chi connectivity index (χ0) is 20.7. The third kappa shape index (κ3) is 3.71. The molecule has 154 valence electrons. The third-order valence-electron chi connectivity index (χ3n) is 5.66. The first-order valence-electron chi connectivity index (χ1n) is 9.97. The molecule has 3 heterocycles. The van der Waals surface area contributed by atoms with Crippen molar-refractivity contribution in [3.05, 3.63) is 22.0 Å². The molecule has 2 fully saturated rings. The second-order valence-electron chi connectivity index (χ2n) is 7.72. The second-order valence-corrected chi connectivity index (χ2v) is 8.72. The molecule has 9 heteroatoms. The molecule has 0 radical (unpaired) electrons. The summed E-state index contributed by atoms with van der Waals surface area (Å²) in [4.78, 5) is 49.5. The van der Waals surface area contributed by atoms with Crippen molar-refractivity contribution >= 4 is 39.3 Å². The molecule has 2 aromatic rings. The largest absolute Gasteiger partial charge is 0.357 e. The van der Waals surface area contributed by atoms with Gasteiger partial charge >= 0.3 is 0 Å². The number of aromatic nitrogens is 2. The Kier molecular flexibility index (Phi) is 5.24. The highest BCUT2D eigenvalue weighted by atomic mass is 32.1. The van der Waals surface area contributed by atoms with Crippen LogP contribution in [0.15, 0.2) is 0 Å². The Morgan fingerprint density at radius 2 is 1.93 bits per heavy atom. The number of nitrogens with one attached hydrogen (secondary N) is 2. The lowest BCUT2D eigenvalue weighted by molar-refractivity contribution is -0.137. The summed E-state index contributed by atoms with van der Waals surface area (Å²) in [6.07, 6.45) is 3.68. The minimum Gasteiger partial charge on any atom is -0.357 e. The van der Waals surface area contributed by atoms with E-state index in [-0.39, 0.29) is 24.3 Å². The first-order chi connectivity index (χ1) is 13.9. The summed E-state index contributed by atoms with van der Waals surface area (Å²) < 4.78 is 0. The van der Waals surface area contributed by atoms with Crippen molar-refractivity contribution in [2.24, 2.45) is 0 Å². The van der Waals surface area contributed by atoms with E-state index in [4.69, 9.17) is 0 Å². The third-order valence-corrected chi connectivity index (χ3v) is 6.84. The van der Waals surface area contributed by atoms with Crippen LogP contribution in [0.4, 0.5) is 0 Å². The van der Waals surface area contributed by atoms with E-state index >= 15 is 0 Å². The monoisotopic (exact) mass is 415 g/mol. The highest BCUT2D eigenvalue weighted by molar-refractivity contribution is 7.20. The van der Waals surface area contributed by atoms with Crippen molar-refractivity contribution in [2.45, 2.75) is 51.5 Å². The van der Waals surface area contributed by atoms with Crippen LogP contribution in [0.25, 0.3) is 10.2 Å². The van der Waals surface area contributed by atoms with Gasteiger partial charge in [-0.2, -0.15) is 0 Å². The van der Waals surface area contributed by atoms with E-state index in [1.807, 2.05) is 13.8 Å². The van der Waals surface area contributed by atoms with Gasteiger partial charge in [-0.25, -0.2) is 9.97 Å². The number of carbonyl (C=O) groups is 3. The van der Waals surface area contributed by atoms with Gasteiger partial charge in [0.05, 0.1) is 17.1 Å². The number of carbonyl (C=O) groups excluding carboxylic acids is 3. The fourth-order valence-electron chi connectivity index (χ4n) is 3.94. The molecule has 1 aliphatic heterocycles. The molecule has 1 unspecified atom stereocenters. The quantitative estimate of drug-likeness (QED) is 0.773. The summed E-state index contributed by atoms with van der Waals surface area (Å²) in [5.41, 5.74) is 1.74. The maximum atomic E-state index is 12.8. The van der Waals surface area contributed by atoms with Crippen molar-refractivity contribution in [3.63, 3.8) is 0 Å². The van der Waals surface area contributed by atoms with Gasteiger partial charge in [-0.3, -0.25) is 14.4 Å². The van der Waals surface area contributed by atoms with Crippen LogP contribution < -0.4 is 10.6 Å². The van der Waals surface area contributed by atoms with Gasteiger partial charge in [0.2, 0.25) is 11.8 Å². The Bertz CT molecular complexity index is 998. The molecule has 3 amide bonds. The van der Waals surface area contributed by atoms with Crippen molar-refractivity contribution in [3.8, 4) is 0 Å². The van der Waals surface area contributed by atoms with Gasteiger partial charge in [-0.15, -0.1) is 11.3 Å². The number of amides is 3. The molecule has 4 rings (SSSR count). The number of likely N-dealkylation sites (N-methyl/N-ethyl adjacent to an activating group) is 1. The Labute approximate surface area is 173 Å². The molecule has 2 N–H and O–H groups in total. The lowest BCUT2D eigenvalue weighted by Crippen LogP contribution is -2.48. The molecular weight excluding hydrogens is 390 g/mol. The Morgan fingerprint density at radius 3 is 2.62 bits per heavy atom. The first-order valence-corrected chi connectivity index (χ1v) is 10.8. The maximum absolute atomic E-state index is 12.8. The number of nitrogens with zero attached hydrogens (tertiary/aromatic N) is 3. The Hall–Kier alpha value is -2.55. The minimum absolute atomic E-state index is 0.127. The van der Waals surface area contributed by atoms with Gasteiger partial charge in [-0.1, -0.05) is 0 Å². The SMILES string of the molecule is CNC(=O)C1CCCN1C(=O)CNC(=O)c1sc2nc(C3CC3)nc(C)c2c1C. The summed E-state index contributed by atoms with van der Waals surface area (Å²) >= 11 is 1.35. The molecular formula is C20H25N5O3S. The molecule has 1 saturated heterocycles. The summed E-state index contributed by atoms with van der Waals surface area (Å²) in [6.45, 7) is 4.25. The highest BCUT2D eigenvalue weighted by Gasteiger charge is 2.33. The predicted octanol–water partition coefficient (Wildman–Crippen LogP) is 1.65. The fourth-order valence-corrected chi connectivity index (χ4v) is 5.10. The van der Waals surface area contributed by atoms with E-state index in [1.165, 1.54) is 11.3 Å². The highest BCUT2D eigenvalue weighted by Crippen LogP contribution is 2.40. The Balaban J connectivity index is 1.48. The van der Waals surface area contributed by atoms with Crippen LogP contribution in [0.3, 0.4) is 0 Å². The molecule has 2 aromatic heterocycles. The van der Waals surface area contributed by atoms with Crippen molar-refractivity contribution < 1.29 is 14.4 Å². The van der Waals surface area contributed by atoms with E-state index in [9.17, 15) is 14.4 Å². The van der Waals surface area contributed by atoms with Gasteiger partial charge in [-0.05, 0) is 45.1 Å². The van der Waals surface area contributed by atoms with E-state index in [0.717, 1.165) is 46.6 Å². The lowest BCUT2D eigenvalue weighted by atomic mass is 10.1. The van der Waals surface area contributed by atoms with Crippen molar-refractivity contribution in [1.82, 2.24) is 25.5 Å². The zero-order valence-electron chi connectivity index (χ0n) is 16.9. The molecule has 2 aliphatic rings. The van der Waals surface area contributed by atoms with Crippen molar-refractivity contribution in [1.29, 1.82) is 0 Å². The van der Waals surface area contributed by atoms with E-state index < -0.39 is 6.04 Å². The molecule has 0 bridgehead atoms. The second kappa shape index (κ2) is 7.70. The number of hydrogen-bond acceptors (Lipinski definition) is 6. The number of likely N-dealkylation sites (tertiary alicyclic amines) is 1. The molecule has 0 spiro atoms. The maximum Gasteiger partial charge on any atom is 0.262 e.